The van der Waals surface area contributed by atoms with Crippen LogP contribution in [0.4, 0.5) is 5.69 Å². The Morgan fingerprint density at radius 1 is 1.03 bits per heavy atom. The summed E-state index contributed by atoms with van der Waals surface area (Å²) in [5, 5.41) is 0. The van der Waals surface area contributed by atoms with E-state index >= 15 is 0 Å². The lowest BCUT2D eigenvalue weighted by atomic mass is 9.44. The van der Waals surface area contributed by atoms with Crippen molar-refractivity contribution in [2.45, 2.75) is 71.6 Å². The van der Waals surface area contributed by atoms with Gasteiger partial charge < -0.3 is 9.64 Å². The van der Waals surface area contributed by atoms with Crippen molar-refractivity contribution in [3.05, 3.63) is 30.3 Å². The summed E-state index contributed by atoms with van der Waals surface area (Å²) in [6.45, 7) is 6.45. The fourth-order valence-corrected chi connectivity index (χ4v) is 9.46. The van der Waals surface area contributed by atoms with Crippen molar-refractivity contribution < 1.29 is 9.53 Å². The monoisotopic (exact) mass is 451 g/mol. The van der Waals surface area contributed by atoms with E-state index in [1.807, 2.05) is 13.2 Å². The Morgan fingerprint density at radius 3 is 2.58 bits per heavy atom. The Bertz CT molecular complexity index is 839. The zero-order chi connectivity index (χ0) is 23.2. The van der Waals surface area contributed by atoms with Gasteiger partial charge in [-0.1, -0.05) is 38.5 Å². The van der Waals surface area contributed by atoms with Crippen LogP contribution in [-0.4, -0.2) is 33.1 Å². The van der Waals surface area contributed by atoms with Crippen molar-refractivity contribution in [3.63, 3.8) is 0 Å². The second-order valence-corrected chi connectivity index (χ2v) is 12.5. The molecule has 0 radical (unpaired) electrons. The number of anilines is 1. The minimum Gasteiger partial charge on any atom is -0.384 e. The maximum absolute atomic E-state index is 13.6. The number of benzene rings is 1. The first-order chi connectivity index (χ1) is 15.9. The Hall–Kier alpha value is -1.35. The van der Waals surface area contributed by atoms with Crippen LogP contribution in [0.2, 0.25) is 0 Å². The van der Waals surface area contributed by atoms with E-state index in [1.165, 1.54) is 51.4 Å². The molecule has 4 saturated carbocycles. The van der Waals surface area contributed by atoms with E-state index in [9.17, 15) is 4.79 Å². The molecule has 0 amide bonds. The standard InChI is InChI=1S/C30H45NO2/c1-21-14-17-30(20-33-4)22(18-21)10-11-24-25-12-13-27(29(25,2)16-15-26(24)30)28(32)19-31(3)23-8-6-5-7-9-23/h5-9,21-22,24-27H,10-20H2,1-4H3/t21?,22?,24?,25?,26?,27-,29?,30?/m1/s1. The molecule has 4 aliphatic carbocycles. The van der Waals surface area contributed by atoms with Crippen LogP contribution in [-0.2, 0) is 9.53 Å². The predicted molar refractivity (Wildman–Crippen MR) is 135 cm³/mol. The van der Waals surface area contributed by atoms with Gasteiger partial charge in [0.25, 0.3) is 0 Å². The van der Waals surface area contributed by atoms with Crippen LogP contribution in [0, 0.1) is 46.3 Å². The van der Waals surface area contributed by atoms with Crippen molar-refractivity contribution in [1.29, 1.82) is 0 Å². The lowest BCUT2D eigenvalue weighted by molar-refractivity contribution is -0.154. The highest BCUT2D eigenvalue weighted by Crippen LogP contribution is 2.68. The van der Waals surface area contributed by atoms with Crippen LogP contribution in [0.5, 0.6) is 0 Å². The number of carbonyl (C=O) groups is 1. The smallest absolute Gasteiger partial charge is 0.155 e. The third-order valence-electron chi connectivity index (χ3n) is 11.0. The molecule has 0 N–H and O–H groups in total. The summed E-state index contributed by atoms with van der Waals surface area (Å²) in [5.41, 5.74) is 1.74. The van der Waals surface area contributed by atoms with E-state index in [2.05, 4.69) is 50.1 Å². The maximum Gasteiger partial charge on any atom is 0.155 e. The molecule has 33 heavy (non-hydrogen) atoms. The number of ketones is 1. The Balaban J connectivity index is 1.34. The van der Waals surface area contributed by atoms with E-state index in [1.54, 1.807) is 0 Å². The number of rotatable bonds is 6. The van der Waals surface area contributed by atoms with E-state index < -0.39 is 0 Å². The largest absolute Gasteiger partial charge is 0.384 e. The van der Waals surface area contributed by atoms with Crippen LogP contribution >= 0.6 is 0 Å². The highest BCUT2D eigenvalue weighted by atomic mass is 16.5. The van der Waals surface area contributed by atoms with Gasteiger partial charge in [0.2, 0.25) is 0 Å². The quantitative estimate of drug-likeness (QED) is 0.487. The van der Waals surface area contributed by atoms with Crippen molar-refractivity contribution >= 4 is 11.5 Å². The van der Waals surface area contributed by atoms with Gasteiger partial charge in [0, 0.05) is 25.8 Å². The van der Waals surface area contributed by atoms with Gasteiger partial charge >= 0.3 is 0 Å². The second kappa shape index (κ2) is 9.02. The maximum atomic E-state index is 13.6. The number of methoxy groups -OCH3 is 1. The summed E-state index contributed by atoms with van der Waals surface area (Å²) in [6.07, 6.45) is 11.8. The van der Waals surface area contributed by atoms with Gasteiger partial charge in [-0.3, -0.25) is 4.79 Å². The number of ether oxygens (including phenoxy) is 1. The molecule has 182 valence electrons. The van der Waals surface area contributed by atoms with Gasteiger partial charge in [0.15, 0.2) is 5.78 Å². The fraction of sp³-hybridized carbons (Fsp3) is 0.767. The third kappa shape index (κ3) is 3.87. The molecular formula is C30H45NO2. The Labute approximate surface area is 201 Å². The lowest BCUT2D eigenvalue weighted by Gasteiger charge is -2.62. The molecule has 4 fully saturated rings. The van der Waals surface area contributed by atoms with Crippen molar-refractivity contribution in [1.82, 2.24) is 0 Å². The molecule has 3 nitrogen and oxygen atoms in total. The van der Waals surface area contributed by atoms with Gasteiger partial charge in [-0.05, 0) is 104 Å². The van der Waals surface area contributed by atoms with Gasteiger partial charge in [-0.25, -0.2) is 0 Å². The van der Waals surface area contributed by atoms with Crippen LogP contribution < -0.4 is 4.90 Å². The molecule has 0 heterocycles. The van der Waals surface area contributed by atoms with E-state index in [-0.39, 0.29) is 11.3 Å². The molecule has 4 aliphatic rings. The van der Waals surface area contributed by atoms with Crippen LogP contribution in [0.1, 0.15) is 71.6 Å². The van der Waals surface area contributed by atoms with Crippen LogP contribution in [0.15, 0.2) is 30.3 Å². The molecule has 8 atom stereocenters. The predicted octanol–water partition coefficient (Wildman–Crippen LogP) is 6.61. The molecular weight excluding hydrogens is 406 g/mol. The minimum atomic E-state index is 0.193. The number of Topliss-reactive ketones (excluding diaryl/α,β-unsaturated/α-hetero) is 1. The average molecular weight is 452 g/mol. The first kappa shape index (κ1) is 23.4. The van der Waals surface area contributed by atoms with Gasteiger partial charge in [0.1, 0.15) is 0 Å². The van der Waals surface area contributed by atoms with E-state index in [4.69, 9.17) is 4.74 Å². The fourth-order valence-electron chi connectivity index (χ4n) is 9.46. The number of carbonyl (C=O) groups excluding carboxylic acids is 1. The summed E-state index contributed by atoms with van der Waals surface area (Å²) in [5.74, 6) is 4.76. The molecule has 1 aromatic rings. The van der Waals surface area contributed by atoms with Gasteiger partial charge in [0.05, 0.1) is 13.2 Å². The van der Waals surface area contributed by atoms with Crippen LogP contribution in [0.25, 0.3) is 0 Å². The molecule has 0 bridgehead atoms. The zero-order valence-corrected chi connectivity index (χ0v) is 21.4. The topological polar surface area (TPSA) is 29.5 Å². The van der Waals surface area contributed by atoms with Crippen molar-refractivity contribution in [2.75, 3.05) is 32.2 Å². The average Bonchev–Trinajstić information content (AvgIpc) is 3.17. The highest BCUT2D eigenvalue weighted by Gasteiger charge is 2.62. The first-order valence-corrected chi connectivity index (χ1v) is 13.7. The molecule has 0 spiro atoms. The van der Waals surface area contributed by atoms with E-state index in [0.717, 1.165) is 48.3 Å². The Kier molecular flexibility index (Phi) is 6.40. The molecule has 0 aromatic heterocycles. The number of fused-ring (bicyclic) bond motifs is 5. The summed E-state index contributed by atoms with van der Waals surface area (Å²) in [7, 11) is 3.99. The molecule has 7 unspecified atom stereocenters. The normalized spacial score (nSPS) is 42.2. The summed E-state index contributed by atoms with van der Waals surface area (Å²) < 4.78 is 5.95. The Morgan fingerprint density at radius 2 is 1.82 bits per heavy atom. The number of hydrogen-bond acceptors (Lipinski definition) is 3. The summed E-state index contributed by atoms with van der Waals surface area (Å²) in [4.78, 5) is 15.8. The molecule has 1 aromatic carbocycles. The summed E-state index contributed by atoms with van der Waals surface area (Å²) in [6, 6.07) is 10.4. The van der Waals surface area contributed by atoms with E-state index in [0.29, 0.717) is 17.7 Å². The lowest BCUT2D eigenvalue weighted by Crippen LogP contribution is -2.56. The molecule has 0 aliphatic heterocycles. The minimum absolute atomic E-state index is 0.193. The van der Waals surface area contributed by atoms with Crippen molar-refractivity contribution in [3.8, 4) is 0 Å². The number of nitrogens with zero attached hydrogens (tertiary/aromatic N) is 1. The van der Waals surface area contributed by atoms with Gasteiger partial charge in [-0.15, -0.1) is 0 Å². The number of likely N-dealkylation sites (N-methyl/N-ethyl adjacent to an activating group) is 1. The molecule has 0 saturated heterocycles. The highest BCUT2D eigenvalue weighted by molar-refractivity contribution is 5.86. The number of para-hydroxylation sites is 1. The molecule has 5 rings (SSSR count). The third-order valence-corrected chi connectivity index (χ3v) is 11.0. The van der Waals surface area contributed by atoms with Gasteiger partial charge in [-0.2, -0.15) is 0 Å². The van der Waals surface area contributed by atoms with Crippen molar-refractivity contribution in [2.24, 2.45) is 46.3 Å². The molecule has 3 heteroatoms. The van der Waals surface area contributed by atoms with Crippen LogP contribution in [0.3, 0.4) is 0 Å². The zero-order valence-electron chi connectivity index (χ0n) is 21.4. The SMILES string of the molecule is COCC12CCC(C)CC1CCC1C2CCC2(C)C1CC[C@@H]2C(=O)CN(C)c1ccccc1. The summed E-state index contributed by atoms with van der Waals surface area (Å²) >= 11 is 0. The number of hydrogen-bond donors (Lipinski definition) is 0. The second-order valence-electron chi connectivity index (χ2n) is 12.5. The first-order valence-electron chi connectivity index (χ1n) is 13.7.